The van der Waals surface area contributed by atoms with Gasteiger partial charge in [0.25, 0.3) is 0 Å². The first-order chi connectivity index (χ1) is 5.93. The molecule has 0 atom stereocenters. The van der Waals surface area contributed by atoms with E-state index in [1.165, 1.54) is 12.8 Å². The number of unbranched alkanes of at least 4 members (excludes halogenated alkanes) is 2. The van der Waals surface area contributed by atoms with Gasteiger partial charge in [-0.1, -0.05) is 22.4 Å². The Kier molecular flexibility index (Phi) is 5.94. The molecular weight excluding hydrogens is 224 g/mol. The van der Waals surface area contributed by atoms with Crippen LogP contribution in [0.5, 0.6) is 0 Å². The highest BCUT2D eigenvalue weighted by Crippen LogP contribution is 2.11. The zero-order valence-corrected chi connectivity index (χ0v) is 8.72. The Morgan fingerprint density at radius 2 is 1.83 bits per heavy atom. The van der Waals surface area contributed by atoms with Crippen molar-refractivity contribution in [3.05, 3.63) is 0 Å². The maximum Gasteiger partial charge on any atom is 0.163 e. The van der Waals surface area contributed by atoms with E-state index in [0.29, 0.717) is 13.6 Å². The van der Waals surface area contributed by atoms with Crippen molar-refractivity contribution in [3.63, 3.8) is 0 Å². The second kappa shape index (κ2) is 6.83. The lowest BCUT2D eigenvalue weighted by Gasteiger charge is -2.22. The van der Waals surface area contributed by atoms with Gasteiger partial charge in [-0.3, -0.25) is 0 Å². The van der Waals surface area contributed by atoms with E-state index >= 15 is 0 Å². The molecular formula is C8H15BrO3. The average Bonchev–Trinajstić information content (AvgIpc) is 2.14. The molecule has 0 amide bonds. The van der Waals surface area contributed by atoms with Gasteiger partial charge in [0.05, 0.1) is 0 Å². The highest BCUT2D eigenvalue weighted by Gasteiger charge is 2.12. The summed E-state index contributed by atoms with van der Waals surface area (Å²) in [4.78, 5) is 0. The number of rotatable bonds is 5. The van der Waals surface area contributed by atoms with Crippen LogP contribution in [-0.4, -0.2) is 25.2 Å². The Hall–Kier alpha value is 0.360. The fourth-order valence-electron chi connectivity index (χ4n) is 1.08. The molecule has 0 bridgehead atoms. The Balaban J connectivity index is 1.91. The van der Waals surface area contributed by atoms with E-state index < -0.39 is 0 Å². The summed E-state index contributed by atoms with van der Waals surface area (Å²) in [7, 11) is 0. The summed E-state index contributed by atoms with van der Waals surface area (Å²) in [5, 5.41) is 1.09. The lowest BCUT2D eigenvalue weighted by Crippen LogP contribution is -2.26. The Bertz CT molecular complexity index is 104. The lowest BCUT2D eigenvalue weighted by molar-refractivity contribution is -0.300. The molecule has 0 spiro atoms. The number of hydrogen-bond donors (Lipinski definition) is 0. The molecule has 0 aromatic heterocycles. The van der Waals surface area contributed by atoms with E-state index in [1.54, 1.807) is 0 Å². The normalized spacial score (nSPS) is 19.8. The standard InChI is InChI=1S/C8H15BrO3/c9-5-3-1-2-4-8-11-6-10-7-12-8/h8H,1-7H2. The summed E-state index contributed by atoms with van der Waals surface area (Å²) in [6.45, 7) is 0.756. The summed E-state index contributed by atoms with van der Waals surface area (Å²) < 4.78 is 15.3. The van der Waals surface area contributed by atoms with Crippen LogP contribution >= 0.6 is 15.9 Å². The smallest absolute Gasteiger partial charge is 0.163 e. The van der Waals surface area contributed by atoms with Crippen molar-refractivity contribution in [2.24, 2.45) is 0 Å². The Morgan fingerprint density at radius 3 is 2.50 bits per heavy atom. The molecule has 72 valence electrons. The zero-order chi connectivity index (χ0) is 8.65. The van der Waals surface area contributed by atoms with Crippen molar-refractivity contribution in [3.8, 4) is 0 Å². The van der Waals surface area contributed by atoms with Gasteiger partial charge in [-0.15, -0.1) is 0 Å². The lowest BCUT2D eigenvalue weighted by atomic mass is 10.2. The first-order valence-corrected chi connectivity index (χ1v) is 5.42. The van der Waals surface area contributed by atoms with Gasteiger partial charge in [-0.05, 0) is 19.3 Å². The Labute approximate surface area is 81.5 Å². The molecule has 0 N–H and O–H groups in total. The van der Waals surface area contributed by atoms with Crippen LogP contribution in [-0.2, 0) is 14.2 Å². The van der Waals surface area contributed by atoms with E-state index in [4.69, 9.17) is 14.2 Å². The molecule has 0 aliphatic carbocycles. The minimum atomic E-state index is -0.0333. The van der Waals surface area contributed by atoms with Gasteiger partial charge in [0.15, 0.2) is 19.9 Å². The summed E-state index contributed by atoms with van der Waals surface area (Å²) in [6, 6.07) is 0. The molecule has 1 heterocycles. The van der Waals surface area contributed by atoms with Gasteiger partial charge in [0.2, 0.25) is 0 Å². The fraction of sp³-hybridized carbons (Fsp3) is 1.00. The second-order valence-electron chi connectivity index (χ2n) is 2.74. The predicted molar refractivity (Wildman–Crippen MR) is 49.0 cm³/mol. The van der Waals surface area contributed by atoms with E-state index in [0.717, 1.165) is 18.2 Å². The van der Waals surface area contributed by atoms with Gasteiger partial charge in [-0.2, -0.15) is 0 Å². The van der Waals surface area contributed by atoms with E-state index in [9.17, 15) is 0 Å². The zero-order valence-electron chi connectivity index (χ0n) is 7.13. The SMILES string of the molecule is BrCCCCCC1OCOCO1. The van der Waals surface area contributed by atoms with Crippen molar-refractivity contribution >= 4 is 15.9 Å². The minimum absolute atomic E-state index is 0.0333. The highest BCUT2D eigenvalue weighted by atomic mass is 79.9. The maximum absolute atomic E-state index is 5.20. The quantitative estimate of drug-likeness (QED) is 0.544. The van der Waals surface area contributed by atoms with Crippen molar-refractivity contribution in [1.29, 1.82) is 0 Å². The third-order valence-electron chi connectivity index (χ3n) is 1.75. The van der Waals surface area contributed by atoms with Gasteiger partial charge >= 0.3 is 0 Å². The van der Waals surface area contributed by atoms with Gasteiger partial charge in [0, 0.05) is 5.33 Å². The van der Waals surface area contributed by atoms with Gasteiger partial charge in [-0.25, -0.2) is 0 Å². The van der Waals surface area contributed by atoms with E-state index in [-0.39, 0.29) is 6.29 Å². The summed E-state index contributed by atoms with van der Waals surface area (Å²) in [6.07, 6.45) is 4.57. The topological polar surface area (TPSA) is 27.7 Å². The van der Waals surface area contributed by atoms with Crippen LogP contribution in [0.25, 0.3) is 0 Å². The summed E-state index contributed by atoms with van der Waals surface area (Å²) in [5.74, 6) is 0. The summed E-state index contributed by atoms with van der Waals surface area (Å²) >= 11 is 3.39. The van der Waals surface area contributed by atoms with Crippen LogP contribution in [0.15, 0.2) is 0 Å². The van der Waals surface area contributed by atoms with Crippen molar-refractivity contribution < 1.29 is 14.2 Å². The van der Waals surface area contributed by atoms with Crippen molar-refractivity contribution in [1.82, 2.24) is 0 Å². The summed E-state index contributed by atoms with van der Waals surface area (Å²) in [5.41, 5.74) is 0. The third-order valence-corrected chi connectivity index (χ3v) is 2.31. The van der Waals surface area contributed by atoms with Crippen LogP contribution in [0, 0.1) is 0 Å². The largest absolute Gasteiger partial charge is 0.329 e. The molecule has 0 unspecified atom stereocenters. The van der Waals surface area contributed by atoms with E-state index in [1.807, 2.05) is 0 Å². The fourth-order valence-corrected chi connectivity index (χ4v) is 1.48. The van der Waals surface area contributed by atoms with Crippen LogP contribution in [0.1, 0.15) is 25.7 Å². The van der Waals surface area contributed by atoms with Crippen LogP contribution in [0.4, 0.5) is 0 Å². The molecule has 3 nitrogen and oxygen atoms in total. The monoisotopic (exact) mass is 238 g/mol. The van der Waals surface area contributed by atoms with Gasteiger partial charge < -0.3 is 14.2 Å². The molecule has 4 heteroatoms. The molecule has 1 fully saturated rings. The maximum atomic E-state index is 5.20. The second-order valence-corrected chi connectivity index (χ2v) is 3.53. The number of halogens is 1. The van der Waals surface area contributed by atoms with Crippen LogP contribution in [0.2, 0.25) is 0 Å². The third kappa shape index (κ3) is 4.40. The number of alkyl halides is 1. The number of hydrogen-bond acceptors (Lipinski definition) is 3. The van der Waals surface area contributed by atoms with E-state index in [2.05, 4.69) is 15.9 Å². The molecule has 1 aliphatic rings. The van der Waals surface area contributed by atoms with Crippen LogP contribution < -0.4 is 0 Å². The molecule has 1 saturated heterocycles. The van der Waals surface area contributed by atoms with Crippen molar-refractivity contribution in [2.45, 2.75) is 32.0 Å². The van der Waals surface area contributed by atoms with Crippen LogP contribution in [0.3, 0.4) is 0 Å². The first-order valence-electron chi connectivity index (χ1n) is 4.30. The molecule has 0 aromatic carbocycles. The molecule has 0 aromatic rings. The first kappa shape index (κ1) is 10.4. The number of ether oxygens (including phenoxy) is 3. The molecule has 12 heavy (non-hydrogen) atoms. The van der Waals surface area contributed by atoms with Crippen molar-refractivity contribution in [2.75, 3.05) is 18.9 Å². The molecule has 1 rings (SSSR count). The minimum Gasteiger partial charge on any atom is -0.329 e. The average molecular weight is 239 g/mol. The predicted octanol–water partition coefficient (Wildman–Crippen LogP) is 2.25. The van der Waals surface area contributed by atoms with Gasteiger partial charge in [0.1, 0.15) is 0 Å². The highest BCUT2D eigenvalue weighted by molar-refractivity contribution is 9.09. The molecule has 0 saturated carbocycles. The Morgan fingerprint density at radius 1 is 1.08 bits per heavy atom. The molecule has 1 aliphatic heterocycles. The molecule has 0 radical (unpaired) electrons.